The molecule has 12 heteroatoms. The summed E-state index contributed by atoms with van der Waals surface area (Å²) in [5.41, 5.74) is -1.24. The Morgan fingerprint density at radius 1 is 1.18 bits per heavy atom. The number of benzene rings is 1. The molecule has 34 heavy (non-hydrogen) atoms. The molecule has 1 saturated heterocycles. The van der Waals surface area contributed by atoms with E-state index in [4.69, 9.17) is 0 Å². The molecular weight excluding hydrogens is 449 g/mol. The molecule has 1 fully saturated rings. The zero-order valence-corrected chi connectivity index (χ0v) is 20.0. The predicted octanol–water partition coefficient (Wildman–Crippen LogP) is 3.25. The van der Waals surface area contributed by atoms with E-state index >= 15 is 0 Å². The van der Waals surface area contributed by atoms with Gasteiger partial charge in [0.1, 0.15) is 0 Å². The summed E-state index contributed by atoms with van der Waals surface area (Å²) in [5, 5.41) is 11.6. The molecule has 0 saturated carbocycles. The van der Waals surface area contributed by atoms with Crippen molar-refractivity contribution in [1.29, 1.82) is 0 Å². The van der Waals surface area contributed by atoms with E-state index in [1.54, 1.807) is 0 Å². The molecule has 1 aliphatic rings. The number of amides is 1. The number of halogens is 3. The standard InChI is InChI=1S/C22H31F3N8O/c1-21(2,3)12-33(5)20-31-18(28-14-8-9-27-11-14)30-19(32-20)29-16-10-13(17(34)26-4)6-7-15(16)22(23,24)25/h6-7,10,14,27H,8-9,11-12H2,1-5H3,(H,26,34)(H2,28,29,30,31,32)/t14-/m0/s1. The summed E-state index contributed by atoms with van der Waals surface area (Å²) in [7, 11) is 3.23. The zero-order valence-electron chi connectivity index (χ0n) is 20.0. The molecule has 1 amide bonds. The molecule has 4 N–H and O–H groups in total. The van der Waals surface area contributed by atoms with E-state index in [2.05, 4.69) is 57.0 Å². The second kappa shape index (κ2) is 10.00. The van der Waals surface area contributed by atoms with Gasteiger partial charge in [0.15, 0.2) is 0 Å². The van der Waals surface area contributed by atoms with Gasteiger partial charge in [-0.15, -0.1) is 0 Å². The molecule has 1 atom stereocenters. The first-order valence-corrected chi connectivity index (χ1v) is 11.0. The maximum Gasteiger partial charge on any atom is 0.418 e. The zero-order chi connectivity index (χ0) is 25.1. The molecule has 0 bridgehead atoms. The summed E-state index contributed by atoms with van der Waals surface area (Å²) in [6, 6.07) is 3.23. The normalized spacial score (nSPS) is 16.3. The van der Waals surface area contributed by atoms with Gasteiger partial charge >= 0.3 is 6.18 Å². The third kappa shape index (κ3) is 6.69. The number of hydrogen-bond acceptors (Lipinski definition) is 8. The highest BCUT2D eigenvalue weighted by atomic mass is 19.4. The van der Waals surface area contributed by atoms with Crippen LogP contribution in [0, 0.1) is 5.41 Å². The third-order valence-corrected chi connectivity index (χ3v) is 5.13. The Morgan fingerprint density at radius 2 is 1.88 bits per heavy atom. The monoisotopic (exact) mass is 480 g/mol. The number of carbonyl (C=O) groups is 1. The van der Waals surface area contributed by atoms with E-state index in [1.807, 2.05) is 11.9 Å². The number of anilines is 4. The van der Waals surface area contributed by atoms with Crippen LogP contribution in [-0.4, -0.2) is 60.6 Å². The fourth-order valence-corrected chi connectivity index (χ4v) is 3.70. The van der Waals surface area contributed by atoms with Crippen LogP contribution < -0.4 is 26.2 Å². The van der Waals surface area contributed by atoms with Crippen molar-refractivity contribution >= 4 is 29.4 Å². The van der Waals surface area contributed by atoms with Gasteiger partial charge in [-0.3, -0.25) is 4.79 Å². The van der Waals surface area contributed by atoms with Crippen molar-refractivity contribution < 1.29 is 18.0 Å². The minimum absolute atomic E-state index is 0.0567. The molecule has 0 aliphatic carbocycles. The SMILES string of the molecule is CNC(=O)c1ccc(C(F)(F)F)c(Nc2nc(N[C@H]3CCNC3)nc(N(C)CC(C)(C)C)n2)c1. The van der Waals surface area contributed by atoms with E-state index < -0.39 is 17.6 Å². The maximum absolute atomic E-state index is 13.7. The van der Waals surface area contributed by atoms with Gasteiger partial charge in [0.2, 0.25) is 17.8 Å². The molecule has 2 aromatic rings. The molecule has 0 unspecified atom stereocenters. The molecule has 9 nitrogen and oxygen atoms in total. The van der Waals surface area contributed by atoms with Crippen molar-refractivity contribution in [2.75, 3.05) is 49.3 Å². The van der Waals surface area contributed by atoms with Crippen LogP contribution in [0.1, 0.15) is 43.1 Å². The van der Waals surface area contributed by atoms with Crippen LogP contribution in [0.25, 0.3) is 0 Å². The first-order chi connectivity index (χ1) is 15.9. The Morgan fingerprint density at radius 3 is 2.47 bits per heavy atom. The van der Waals surface area contributed by atoms with Gasteiger partial charge in [0.25, 0.3) is 5.91 Å². The third-order valence-electron chi connectivity index (χ3n) is 5.13. The van der Waals surface area contributed by atoms with E-state index in [1.165, 1.54) is 7.05 Å². The van der Waals surface area contributed by atoms with Gasteiger partial charge in [0, 0.05) is 38.8 Å². The summed E-state index contributed by atoms with van der Waals surface area (Å²) in [6.45, 7) is 8.38. The lowest BCUT2D eigenvalue weighted by atomic mass is 9.96. The van der Waals surface area contributed by atoms with Crippen LogP contribution in [0.5, 0.6) is 0 Å². The molecule has 1 aliphatic heterocycles. The van der Waals surface area contributed by atoms with Crippen LogP contribution in [0.2, 0.25) is 0 Å². The quantitative estimate of drug-likeness (QED) is 0.479. The second-order valence-electron chi connectivity index (χ2n) is 9.50. The Labute approximate surface area is 197 Å². The molecule has 186 valence electrons. The highest BCUT2D eigenvalue weighted by molar-refractivity contribution is 5.95. The average Bonchev–Trinajstić information content (AvgIpc) is 3.24. The average molecular weight is 481 g/mol. The van der Waals surface area contributed by atoms with E-state index in [0.29, 0.717) is 12.5 Å². The fourth-order valence-electron chi connectivity index (χ4n) is 3.70. The number of hydrogen-bond donors (Lipinski definition) is 4. The Hall–Kier alpha value is -3.15. The lowest BCUT2D eigenvalue weighted by Gasteiger charge is -2.27. The number of rotatable bonds is 7. The number of nitrogens with one attached hydrogen (secondary N) is 4. The Bertz CT molecular complexity index is 1020. The van der Waals surface area contributed by atoms with Gasteiger partial charge < -0.3 is 26.2 Å². The van der Waals surface area contributed by atoms with E-state index in [9.17, 15) is 18.0 Å². The van der Waals surface area contributed by atoms with Crippen molar-refractivity contribution in [1.82, 2.24) is 25.6 Å². The summed E-state index contributed by atoms with van der Waals surface area (Å²) >= 11 is 0. The predicted molar refractivity (Wildman–Crippen MR) is 126 cm³/mol. The summed E-state index contributed by atoms with van der Waals surface area (Å²) in [5.74, 6) is 0.0164. The van der Waals surface area contributed by atoms with E-state index in [-0.39, 0.29) is 34.6 Å². The molecule has 0 spiro atoms. The fraction of sp³-hybridized carbons (Fsp3) is 0.545. The van der Waals surface area contributed by atoms with E-state index in [0.717, 1.165) is 37.7 Å². The van der Waals surface area contributed by atoms with Gasteiger partial charge in [0.05, 0.1) is 11.3 Å². The van der Waals surface area contributed by atoms with Gasteiger partial charge in [-0.2, -0.15) is 28.1 Å². The first-order valence-electron chi connectivity index (χ1n) is 11.0. The lowest BCUT2D eigenvalue weighted by molar-refractivity contribution is -0.136. The first kappa shape index (κ1) is 25.5. The lowest BCUT2D eigenvalue weighted by Crippen LogP contribution is -2.31. The highest BCUT2D eigenvalue weighted by Crippen LogP contribution is 2.36. The number of carbonyl (C=O) groups excluding carboxylic acids is 1. The maximum atomic E-state index is 13.7. The summed E-state index contributed by atoms with van der Waals surface area (Å²) in [4.78, 5) is 27.0. The van der Waals surface area contributed by atoms with Gasteiger partial charge in [-0.05, 0) is 36.6 Å². The molecular formula is C22H31F3N8O. The Balaban J connectivity index is 2.02. The van der Waals surface area contributed by atoms with Crippen molar-refractivity contribution in [3.63, 3.8) is 0 Å². The molecule has 0 radical (unpaired) electrons. The number of aromatic nitrogens is 3. The van der Waals surface area contributed by atoms with Gasteiger partial charge in [-0.1, -0.05) is 20.8 Å². The number of nitrogens with zero attached hydrogens (tertiary/aromatic N) is 4. The molecule has 1 aromatic heterocycles. The molecule has 1 aromatic carbocycles. The van der Waals surface area contributed by atoms with Crippen molar-refractivity contribution in [2.45, 2.75) is 39.4 Å². The van der Waals surface area contributed by atoms with Crippen LogP contribution in [0.4, 0.5) is 36.7 Å². The Kier molecular flexibility index (Phi) is 7.49. The van der Waals surface area contributed by atoms with Crippen LogP contribution in [0.15, 0.2) is 18.2 Å². The molecule has 3 rings (SSSR count). The summed E-state index contributed by atoms with van der Waals surface area (Å²) < 4.78 is 41.1. The smallest absolute Gasteiger partial charge is 0.355 e. The molecule has 2 heterocycles. The van der Waals surface area contributed by atoms with Crippen LogP contribution in [0.3, 0.4) is 0 Å². The van der Waals surface area contributed by atoms with Crippen molar-refractivity contribution in [3.8, 4) is 0 Å². The van der Waals surface area contributed by atoms with Gasteiger partial charge in [-0.25, -0.2) is 0 Å². The summed E-state index contributed by atoms with van der Waals surface area (Å²) in [6.07, 6.45) is -3.77. The minimum Gasteiger partial charge on any atom is -0.355 e. The topological polar surface area (TPSA) is 107 Å². The van der Waals surface area contributed by atoms with Crippen LogP contribution in [-0.2, 0) is 6.18 Å². The van der Waals surface area contributed by atoms with Crippen molar-refractivity contribution in [3.05, 3.63) is 29.3 Å². The minimum atomic E-state index is -4.64. The highest BCUT2D eigenvalue weighted by Gasteiger charge is 2.34. The number of alkyl halides is 3. The van der Waals surface area contributed by atoms with Crippen molar-refractivity contribution in [2.24, 2.45) is 5.41 Å². The second-order valence-corrected chi connectivity index (χ2v) is 9.50. The van der Waals surface area contributed by atoms with Crippen LogP contribution >= 0.6 is 0 Å². The largest absolute Gasteiger partial charge is 0.418 e.